The lowest BCUT2D eigenvalue weighted by atomic mass is 10.0. The molecule has 2 rings (SSSR count). The van der Waals surface area contributed by atoms with Gasteiger partial charge < -0.3 is 0 Å². The number of rotatable bonds is 3. The topological polar surface area (TPSA) is 17.1 Å². The fourth-order valence-corrected chi connectivity index (χ4v) is 1.82. The monoisotopic (exact) mass is 284 g/mol. The first-order chi connectivity index (χ1) is 8.99. The van der Waals surface area contributed by atoms with Crippen LogP contribution in [0.2, 0.25) is 5.02 Å². The Kier molecular flexibility index (Phi) is 3.90. The third-order valence-electron chi connectivity index (χ3n) is 2.62. The fourth-order valence-electron chi connectivity index (χ4n) is 1.63. The van der Waals surface area contributed by atoms with Gasteiger partial charge in [0.1, 0.15) is 5.82 Å². The third kappa shape index (κ3) is 2.96. The smallest absolute Gasteiger partial charge is 0.167 e. The molecular formula is C14H8ClF3O. The van der Waals surface area contributed by atoms with Crippen molar-refractivity contribution in [1.82, 2.24) is 0 Å². The molecule has 0 heterocycles. The molecule has 0 N–H and O–H groups in total. The van der Waals surface area contributed by atoms with E-state index in [9.17, 15) is 18.0 Å². The van der Waals surface area contributed by atoms with Gasteiger partial charge in [-0.05, 0) is 29.8 Å². The predicted octanol–water partition coefficient (Wildman–Crippen LogP) is 4.18. The van der Waals surface area contributed by atoms with Gasteiger partial charge >= 0.3 is 0 Å². The zero-order chi connectivity index (χ0) is 14.0. The van der Waals surface area contributed by atoms with Crippen LogP contribution in [0.3, 0.4) is 0 Å². The number of halogens is 4. The molecule has 0 fully saturated rings. The second-order valence-corrected chi connectivity index (χ2v) is 4.32. The van der Waals surface area contributed by atoms with Crippen molar-refractivity contribution in [1.29, 1.82) is 0 Å². The molecule has 1 nitrogen and oxygen atoms in total. The normalized spacial score (nSPS) is 10.5. The molecule has 2 aromatic carbocycles. The summed E-state index contributed by atoms with van der Waals surface area (Å²) < 4.78 is 39.0. The molecule has 2 aromatic rings. The van der Waals surface area contributed by atoms with Gasteiger partial charge in [0.2, 0.25) is 0 Å². The van der Waals surface area contributed by atoms with Gasteiger partial charge in [0.15, 0.2) is 17.4 Å². The zero-order valence-electron chi connectivity index (χ0n) is 9.59. The van der Waals surface area contributed by atoms with Gasteiger partial charge in [0.05, 0.1) is 5.02 Å². The molecule has 0 aliphatic rings. The number of hydrogen-bond donors (Lipinski definition) is 0. The van der Waals surface area contributed by atoms with Gasteiger partial charge in [0, 0.05) is 12.0 Å². The second-order valence-electron chi connectivity index (χ2n) is 3.94. The summed E-state index contributed by atoms with van der Waals surface area (Å²) >= 11 is 5.72. The molecule has 0 saturated carbocycles. The summed E-state index contributed by atoms with van der Waals surface area (Å²) in [7, 11) is 0. The molecule has 19 heavy (non-hydrogen) atoms. The van der Waals surface area contributed by atoms with Crippen LogP contribution in [0.15, 0.2) is 36.4 Å². The van der Waals surface area contributed by atoms with Crippen LogP contribution in [0.25, 0.3) is 0 Å². The van der Waals surface area contributed by atoms with Gasteiger partial charge in [-0.15, -0.1) is 0 Å². The number of carbonyl (C=O) groups excluding carboxylic acids is 1. The Hall–Kier alpha value is -1.81. The van der Waals surface area contributed by atoms with Crippen molar-refractivity contribution < 1.29 is 18.0 Å². The maximum atomic E-state index is 13.2. The molecule has 0 aliphatic carbocycles. The van der Waals surface area contributed by atoms with Crippen LogP contribution >= 0.6 is 11.6 Å². The first-order valence-corrected chi connectivity index (χ1v) is 5.78. The third-order valence-corrected chi connectivity index (χ3v) is 3.05. The van der Waals surface area contributed by atoms with Crippen molar-refractivity contribution in [2.24, 2.45) is 0 Å². The van der Waals surface area contributed by atoms with Crippen molar-refractivity contribution in [3.8, 4) is 0 Å². The van der Waals surface area contributed by atoms with E-state index in [0.717, 1.165) is 12.1 Å². The van der Waals surface area contributed by atoms with Gasteiger partial charge in [-0.3, -0.25) is 4.79 Å². The quantitative estimate of drug-likeness (QED) is 0.773. The standard InChI is InChI=1S/C14H8ClF3O/c15-14-9(2-1-3-11(14)17)7-13(19)8-4-5-10(16)12(18)6-8/h1-6H,7H2. The first-order valence-electron chi connectivity index (χ1n) is 5.40. The summed E-state index contributed by atoms with van der Waals surface area (Å²) in [5.74, 6) is -3.22. The minimum atomic E-state index is -1.10. The summed E-state index contributed by atoms with van der Waals surface area (Å²) in [6.45, 7) is 0. The van der Waals surface area contributed by atoms with Crippen LogP contribution in [0, 0.1) is 17.5 Å². The van der Waals surface area contributed by atoms with Crippen molar-refractivity contribution in [2.75, 3.05) is 0 Å². The fraction of sp³-hybridized carbons (Fsp3) is 0.0714. The van der Waals surface area contributed by atoms with Crippen LogP contribution in [0.5, 0.6) is 0 Å². The van der Waals surface area contributed by atoms with E-state index in [4.69, 9.17) is 11.6 Å². The summed E-state index contributed by atoms with van der Waals surface area (Å²) in [5.41, 5.74) is 0.315. The van der Waals surface area contributed by atoms with Crippen LogP contribution in [0.4, 0.5) is 13.2 Å². The SMILES string of the molecule is O=C(Cc1cccc(F)c1Cl)c1ccc(F)c(F)c1. The minimum Gasteiger partial charge on any atom is -0.294 e. The Labute approximate surface area is 112 Å². The molecular weight excluding hydrogens is 277 g/mol. The first kappa shape index (κ1) is 13.6. The Bertz CT molecular complexity index is 641. The Morgan fingerprint density at radius 1 is 1.00 bits per heavy atom. The van der Waals surface area contributed by atoms with Gasteiger partial charge in [0.25, 0.3) is 0 Å². The lowest BCUT2D eigenvalue weighted by Crippen LogP contribution is -2.05. The van der Waals surface area contributed by atoms with Crippen LogP contribution in [-0.2, 0) is 6.42 Å². The lowest BCUT2D eigenvalue weighted by Gasteiger charge is -2.05. The highest BCUT2D eigenvalue weighted by Gasteiger charge is 2.13. The summed E-state index contributed by atoms with van der Waals surface area (Å²) in [4.78, 5) is 11.9. The van der Waals surface area contributed by atoms with E-state index in [1.54, 1.807) is 0 Å². The van der Waals surface area contributed by atoms with Crippen LogP contribution in [0.1, 0.15) is 15.9 Å². The van der Waals surface area contributed by atoms with Crippen LogP contribution < -0.4 is 0 Å². The number of benzene rings is 2. The van der Waals surface area contributed by atoms with Gasteiger partial charge in [-0.1, -0.05) is 23.7 Å². The van der Waals surface area contributed by atoms with Gasteiger partial charge in [-0.2, -0.15) is 0 Å². The maximum absolute atomic E-state index is 13.2. The summed E-state index contributed by atoms with van der Waals surface area (Å²) in [6.07, 6.45) is -0.179. The number of carbonyl (C=O) groups is 1. The molecule has 0 radical (unpaired) electrons. The highest BCUT2D eigenvalue weighted by Crippen LogP contribution is 2.21. The number of Topliss-reactive ketones (excluding diaryl/α,β-unsaturated/α-hetero) is 1. The molecule has 0 aliphatic heterocycles. The predicted molar refractivity (Wildman–Crippen MR) is 65.8 cm³/mol. The molecule has 0 unspecified atom stereocenters. The van der Waals surface area contributed by atoms with Crippen LogP contribution in [-0.4, -0.2) is 5.78 Å². The Morgan fingerprint density at radius 2 is 1.74 bits per heavy atom. The molecule has 0 aromatic heterocycles. The van der Waals surface area contributed by atoms with E-state index in [2.05, 4.69) is 0 Å². The van der Waals surface area contributed by atoms with E-state index in [-0.39, 0.29) is 17.0 Å². The summed E-state index contributed by atoms with van der Waals surface area (Å²) in [6, 6.07) is 6.96. The average Bonchev–Trinajstić information content (AvgIpc) is 2.38. The van der Waals surface area contributed by atoms with Crippen molar-refractivity contribution in [3.05, 3.63) is 70.0 Å². The largest absolute Gasteiger partial charge is 0.294 e. The Balaban J connectivity index is 2.26. The molecule has 0 bridgehead atoms. The molecule has 5 heteroatoms. The lowest BCUT2D eigenvalue weighted by molar-refractivity contribution is 0.0992. The van der Waals surface area contributed by atoms with E-state index in [1.807, 2.05) is 0 Å². The number of ketones is 1. The zero-order valence-corrected chi connectivity index (χ0v) is 10.3. The molecule has 0 amide bonds. The van der Waals surface area contributed by atoms with E-state index in [1.165, 1.54) is 24.3 Å². The highest BCUT2D eigenvalue weighted by molar-refractivity contribution is 6.31. The van der Waals surface area contributed by atoms with Gasteiger partial charge in [-0.25, -0.2) is 13.2 Å². The molecule has 0 saturated heterocycles. The minimum absolute atomic E-state index is 0.0132. The van der Waals surface area contributed by atoms with Crippen molar-refractivity contribution in [2.45, 2.75) is 6.42 Å². The van der Waals surface area contributed by atoms with E-state index >= 15 is 0 Å². The maximum Gasteiger partial charge on any atom is 0.167 e. The van der Waals surface area contributed by atoms with Crippen molar-refractivity contribution in [3.63, 3.8) is 0 Å². The molecule has 0 spiro atoms. The Morgan fingerprint density at radius 3 is 2.42 bits per heavy atom. The van der Waals surface area contributed by atoms with E-state index < -0.39 is 23.2 Å². The molecule has 98 valence electrons. The van der Waals surface area contributed by atoms with Crippen molar-refractivity contribution >= 4 is 17.4 Å². The number of hydrogen-bond acceptors (Lipinski definition) is 1. The second kappa shape index (κ2) is 5.45. The highest BCUT2D eigenvalue weighted by atomic mass is 35.5. The van der Waals surface area contributed by atoms with E-state index in [0.29, 0.717) is 5.56 Å². The summed E-state index contributed by atoms with van der Waals surface area (Å²) in [5, 5.41) is -0.140. The average molecular weight is 285 g/mol. The molecule has 0 atom stereocenters.